The second-order valence-electron chi connectivity index (χ2n) is 3.11. The van der Waals surface area contributed by atoms with Crippen molar-refractivity contribution >= 4 is 11.7 Å². The summed E-state index contributed by atoms with van der Waals surface area (Å²) in [5, 5.41) is 2.61. The van der Waals surface area contributed by atoms with Crippen molar-refractivity contribution in [2.45, 2.75) is 12.4 Å². The lowest BCUT2D eigenvalue weighted by atomic mass is 10.0. The lowest BCUT2D eigenvalue weighted by Crippen LogP contribution is -2.20. The first kappa shape index (κ1) is 14.1. The standard InChI is InChI=1S/C9H4F6N2O/c10-8(11,12)4-2-1-3-5(17-7(16)18)6(4)9(13,14)15/h1-3,16H. The molecular formula is C9H4F6N2O. The zero-order chi connectivity index (χ0) is 14.1. The number of carbonyl (C=O) groups is 1. The van der Waals surface area contributed by atoms with Crippen molar-refractivity contribution in [3.8, 4) is 0 Å². The highest BCUT2D eigenvalue weighted by Crippen LogP contribution is 2.43. The minimum Gasteiger partial charge on any atom is -0.246 e. The molecule has 0 fully saturated rings. The largest absolute Gasteiger partial charge is 0.419 e. The molecule has 2 amide bonds. The van der Waals surface area contributed by atoms with Gasteiger partial charge in [-0.1, -0.05) is 6.07 Å². The fourth-order valence-corrected chi connectivity index (χ4v) is 1.28. The summed E-state index contributed by atoms with van der Waals surface area (Å²) in [6.07, 6.45) is -10.6. The Morgan fingerprint density at radius 1 is 1.06 bits per heavy atom. The third-order valence-corrected chi connectivity index (χ3v) is 1.85. The first-order valence-electron chi connectivity index (χ1n) is 4.28. The van der Waals surface area contributed by atoms with Crippen LogP contribution in [0.5, 0.6) is 0 Å². The van der Waals surface area contributed by atoms with Crippen molar-refractivity contribution in [1.82, 2.24) is 11.1 Å². The van der Waals surface area contributed by atoms with Gasteiger partial charge in [0.15, 0.2) is 0 Å². The molecule has 0 heterocycles. The molecule has 0 bridgehead atoms. The summed E-state index contributed by atoms with van der Waals surface area (Å²) in [4.78, 5) is 10.3. The van der Waals surface area contributed by atoms with Crippen LogP contribution in [0.2, 0.25) is 0 Å². The van der Waals surface area contributed by atoms with Gasteiger partial charge in [0.1, 0.15) is 0 Å². The average molecular weight is 270 g/mol. The van der Waals surface area contributed by atoms with Crippen LogP contribution in [-0.2, 0) is 12.4 Å². The Hall–Kier alpha value is -1.93. The van der Waals surface area contributed by atoms with E-state index in [4.69, 9.17) is 5.73 Å². The first-order chi connectivity index (χ1) is 8.03. The van der Waals surface area contributed by atoms with Crippen LogP contribution in [0.4, 0.5) is 36.8 Å². The number of nitrogens with zero attached hydrogens (tertiary/aromatic N) is 1. The number of nitrogens with one attached hydrogen (secondary N) is 1. The maximum atomic E-state index is 12.6. The number of rotatable bonds is 1. The van der Waals surface area contributed by atoms with Gasteiger partial charge in [0, 0.05) is 0 Å². The molecule has 0 aliphatic heterocycles. The summed E-state index contributed by atoms with van der Waals surface area (Å²) in [6.45, 7) is 0. The predicted molar refractivity (Wildman–Crippen MR) is 46.7 cm³/mol. The lowest BCUT2D eigenvalue weighted by Gasteiger charge is -2.17. The van der Waals surface area contributed by atoms with E-state index in [1.807, 2.05) is 0 Å². The van der Waals surface area contributed by atoms with Gasteiger partial charge in [0.25, 0.3) is 0 Å². The van der Waals surface area contributed by atoms with E-state index in [9.17, 15) is 31.1 Å². The fourth-order valence-electron chi connectivity index (χ4n) is 1.28. The SMILES string of the molecule is [NH]C(=O)[N]c1cccc(C(F)(F)F)c1C(F)(F)F. The van der Waals surface area contributed by atoms with Gasteiger partial charge in [-0.05, 0) is 12.1 Å². The molecule has 0 saturated carbocycles. The minimum atomic E-state index is -5.33. The molecule has 1 aromatic rings. The van der Waals surface area contributed by atoms with Gasteiger partial charge in [-0.3, -0.25) is 0 Å². The number of hydrogen-bond donors (Lipinski definition) is 0. The van der Waals surface area contributed by atoms with Crippen molar-refractivity contribution in [2.75, 3.05) is 0 Å². The van der Waals surface area contributed by atoms with Gasteiger partial charge >= 0.3 is 18.4 Å². The molecule has 0 unspecified atom stereocenters. The number of alkyl halides is 6. The van der Waals surface area contributed by atoms with E-state index in [0.29, 0.717) is 12.1 Å². The smallest absolute Gasteiger partial charge is 0.246 e. The second-order valence-corrected chi connectivity index (χ2v) is 3.11. The molecule has 3 nitrogen and oxygen atoms in total. The molecule has 0 aliphatic rings. The van der Waals surface area contributed by atoms with Crippen LogP contribution in [-0.4, -0.2) is 6.03 Å². The zero-order valence-corrected chi connectivity index (χ0v) is 8.36. The van der Waals surface area contributed by atoms with Crippen molar-refractivity contribution in [2.24, 2.45) is 0 Å². The normalized spacial score (nSPS) is 12.3. The Kier molecular flexibility index (Phi) is 3.45. The molecule has 18 heavy (non-hydrogen) atoms. The van der Waals surface area contributed by atoms with Crippen molar-refractivity contribution in [1.29, 1.82) is 0 Å². The molecule has 0 saturated heterocycles. The minimum absolute atomic E-state index is 0.232. The van der Waals surface area contributed by atoms with Crippen LogP contribution in [0.15, 0.2) is 18.2 Å². The number of carbonyl (C=O) groups excluding carboxylic acids is 1. The number of urea groups is 1. The molecule has 1 aromatic carbocycles. The van der Waals surface area contributed by atoms with Crippen LogP contribution in [0.25, 0.3) is 0 Å². The van der Waals surface area contributed by atoms with E-state index >= 15 is 0 Å². The third kappa shape index (κ3) is 3.05. The Bertz CT molecular complexity index is 465. The van der Waals surface area contributed by atoms with Crippen LogP contribution in [0.3, 0.4) is 0 Å². The van der Waals surface area contributed by atoms with Crippen LogP contribution < -0.4 is 11.1 Å². The molecule has 0 atom stereocenters. The number of benzene rings is 1. The third-order valence-electron chi connectivity index (χ3n) is 1.85. The Labute approximate surface area is 96.6 Å². The van der Waals surface area contributed by atoms with E-state index in [1.165, 1.54) is 0 Å². The molecule has 0 spiro atoms. The van der Waals surface area contributed by atoms with E-state index < -0.39 is 35.2 Å². The zero-order valence-electron chi connectivity index (χ0n) is 8.36. The van der Waals surface area contributed by atoms with Gasteiger partial charge in [0.2, 0.25) is 0 Å². The average Bonchev–Trinajstić information content (AvgIpc) is 2.13. The maximum Gasteiger partial charge on any atom is 0.419 e. The molecule has 98 valence electrons. The summed E-state index contributed by atoms with van der Waals surface area (Å²) in [7, 11) is 0. The van der Waals surface area contributed by atoms with E-state index in [1.54, 1.807) is 0 Å². The van der Waals surface area contributed by atoms with Crippen LogP contribution >= 0.6 is 0 Å². The quantitative estimate of drug-likeness (QED) is 0.722. The summed E-state index contributed by atoms with van der Waals surface area (Å²) in [6, 6.07) is -0.263. The molecule has 0 aliphatic carbocycles. The van der Waals surface area contributed by atoms with Gasteiger partial charge in [0.05, 0.1) is 16.8 Å². The summed E-state index contributed by atoms with van der Waals surface area (Å²) in [5.74, 6) is 0. The molecule has 0 aromatic heterocycles. The predicted octanol–water partition coefficient (Wildman–Crippen LogP) is 3.36. The molecule has 9 heteroatoms. The van der Waals surface area contributed by atoms with E-state index in [0.717, 1.165) is 0 Å². The lowest BCUT2D eigenvalue weighted by molar-refractivity contribution is -0.161. The van der Waals surface area contributed by atoms with Gasteiger partial charge < -0.3 is 0 Å². The summed E-state index contributed by atoms with van der Waals surface area (Å²) < 4.78 is 74.9. The first-order valence-corrected chi connectivity index (χ1v) is 4.28. The Balaban J connectivity index is 3.50. The van der Waals surface area contributed by atoms with Gasteiger partial charge in [-0.25, -0.2) is 10.5 Å². The maximum absolute atomic E-state index is 12.6. The monoisotopic (exact) mass is 270 g/mol. The Morgan fingerprint density at radius 3 is 2.00 bits per heavy atom. The highest BCUT2D eigenvalue weighted by molar-refractivity contribution is 5.77. The fraction of sp³-hybridized carbons (Fsp3) is 0.222. The van der Waals surface area contributed by atoms with E-state index in [2.05, 4.69) is 5.32 Å². The van der Waals surface area contributed by atoms with Crippen LogP contribution in [0.1, 0.15) is 11.1 Å². The van der Waals surface area contributed by atoms with Crippen LogP contribution in [0, 0.1) is 0 Å². The summed E-state index contributed by atoms with van der Waals surface area (Å²) >= 11 is 0. The number of halogens is 6. The highest BCUT2D eigenvalue weighted by atomic mass is 19.4. The number of hydrogen-bond acceptors (Lipinski definition) is 1. The van der Waals surface area contributed by atoms with Crippen molar-refractivity contribution in [3.63, 3.8) is 0 Å². The Morgan fingerprint density at radius 2 is 1.61 bits per heavy atom. The topological polar surface area (TPSA) is 55.0 Å². The second kappa shape index (κ2) is 4.39. The highest BCUT2D eigenvalue weighted by Gasteiger charge is 2.45. The molecule has 1 rings (SSSR count). The van der Waals surface area contributed by atoms with Crippen molar-refractivity contribution in [3.05, 3.63) is 29.3 Å². The summed E-state index contributed by atoms with van der Waals surface area (Å²) in [5.41, 5.74) is 1.15. The van der Waals surface area contributed by atoms with E-state index in [-0.39, 0.29) is 6.07 Å². The number of amides is 2. The molecular weight excluding hydrogens is 266 g/mol. The molecule has 2 radical (unpaired) electrons. The van der Waals surface area contributed by atoms with Gasteiger partial charge in [-0.2, -0.15) is 31.7 Å². The van der Waals surface area contributed by atoms with Gasteiger partial charge in [-0.15, -0.1) is 0 Å². The van der Waals surface area contributed by atoms with Crippen molar-refractivity contribution < 1.29 is 31.1 Å². The molecule has 1 N–H and O–H groups in total.